The van der Waals surface area contributed by atoms with Crippen LogP contribution in [0.2, 0.25) is 0 Å². The number of aromatic amines is 1. The van der Waals surface area contributed by atoms with Crippen LogP contribution in [0.5, 0.6) is 0 Å². The van der Waals surface area contributed by atoms with E-state index in [1.807, 2.05) is 47.8 Å². The summed E-state index contributed by atoms with van der Waals surface area (Å²) in [6, 6.07) is 13.9. The van der Waals surface area contributed by atoms with Gasteiger partial charge in [-0.05, 0) is 23.4 Å². The van der Waals surface area contributed by atoms with Gasteiger partial charge in [0.25, 0.3) is 0 Å². The van der Waals surface area contributed by atoms with Gasteiger partial charge in [-0.3, -0.25) is 9.36 Å². The summed E-state index contributed by atoms with van der Waals surface area (Å²) in [6.45, 7) is 1.05. The molecule has 0 atom stereocenters. The van der Waals surface area contributed by atoms with E-state index in [1.54, 1.807) is 15.9 Å². The van der Waals surface area contributed by atoms with E-state index in [9.17, 15) is 9.59 Å². The minimum atomic E-state index is -0.252. The van der Waals surface area contributed by atoms with Crippen LogP contribution in [0.4, 0.5) is 0 Å². The fourth-order valence-corrected chi connectivity index (χ4v) is 3.72. The SMILES string of the molecule is O=C(CSc1n[nH]c(=O)n1CCc1ccccc1)NCc1cccs1. The number of amides is 1. The number of thioether (sulfide) groups is 1. The first-order valence-corrected chi connectivity index (χ1v) is 9.70. The number of nitrogens with zero attached hydrogens (tertiary/aromatic N) is 2. The molecule has 2 N–H and O–H groups in total. The zero-order chi connectivity index (χ0) is 17.5. The van der Waals surface area contributed by atoms with Crippen LogP contribution < -0.4 is 11.0 Å². The minimum absolute atomic E-state index is 0.0801. The Hall–Kier alpha value is -2.32. The van der Waals surface area contributed by atoms with E-state index in [2.05, 4.69) is 15.5 Å². The summed E-state index contributed by atoms with van der Waals surface area (Å²) in [5, 5.41) is 11.9. The molecule has 0 bridgehead atoms. The second-order valence-corrected chi connectivity index (χ2v) is 7.32. The van der Waals surface area contributed by atoms with Gasteiger partial charge >= 0.3 is 5.69 Å². The maximum atomic E-state index is 12.0. The predicted molar refractivity (Wildman–Crippen MR) is 99.9 cm³/mol. The molecule has 2 aromatic heterocycles. The number of aromatic nitrogens is 3. The van der Waals surface area contributed by atoms with Crippen molar-refractivity contribution in [2.45, 2.75) is 24.7 Å². The van der Waals surface area contributed by atoms with Gasteiger partial charge in [0, 0.05) is 11.4 Å². The lowest BCUT2D eigenvalue weighted by Crippen LogP contribution is -2.24. The van der Waals surface area contributed by atoms with Gasteiger partial charge in [-0.15, -0.1) is 16.4 Å². The summed E-state index contributed by atoms with van der Waals surface area (Å²) in [5.74, 6) is 0.143. The summed E-state index contributed by atoms with van der Waals surface area (Å²) in [4.78, 5) is 25.0. The molecule has 0 unspecified atom stereocenters. The van der Waals surface area contributed by atoms with Crippen molar-refractivity contribution in [3.8, 4) is 0 Å². The summed E-state index contributed by atoms with van der Waals surface area (Å²) in [6.07, 6.45) is 0.735. The van der Waals surface area contributed by atoms with Crippen LogP contribution in [-0.2, 0) is 24.3 Å². The van der Waals surface area contributed by atoms with Crippen LogP contribution >= 0.6 is 23.1 Å². The fraction of sp³-hybridized carbons (Fsp3) is 0.235. The number of hydrogen-bond acceptors (Lipinski definition) is 5. The number of thiophene rings is 1. The largest absolute Gasteiger partial charge is 0.350 e. The molecule has 3 aromatic rings. The molecular formula is C17H18N4O2S2. The number of aryl methyl sites for hydroxylation is 1. The summed E-state index contributed by atoms with van der Waals surface area (Å²) >= 11 is 2.87. The molecule has 1 amide bonds. The highest BCUT2D eigenvalue weighted by Crippen LogP contribution is 2.14. The van der Waals surface area contributed by atoms with Crippen molar-refractivity contribution < 1.29 is 4.79 Å². The zero-order valence-corrected chi connectivity index (χ0v) is 15.1. The van der Waals surface area contributed by atoms with E-state index in [0.717, 1.165) is 16.9 Å². The molecule has 130 valence electrons. The van der Waals surface area contributed by atoms with Crippen molar-refractivity contribution in [1.29, 1.82) is 0 Å². The molecule has 0 spiro atoms. The van der Waals surface area contributed by atoms with E-state index in [1.165, 1.54) is 11.8 Å². The summed E-state index contributed by atoms with van der Waals surface area (Å²) in [5.41, 5.74) is 0.901. The van der Waals surface area contributed by atoms with Gasteiger partial charge in [0.15, 0.2) is 5.16 Å². The van der Waals surface area contributed by atoms with Crippen molar-refractivity contribution in [3.63, 3.8) is 0 Å². The molecule has 25 heavy (non-hydrogen) atoms. The molecule has 2 heterocycles. The van der Waals surface area contributed by atoms with E-state index < -0.39 is 0 Å². The lowest BCUT2D eigenvalue weighted by atomic mass is 10.1. The minimum Gasteiger partial charge on any atom is -0.350 e. The van der Waals surface area contributed by atoms with Crippen LogP contribution in [0.1, 0.15) is 10.4 Å². The molecule has 0 aliphatic heterocycles. The molecule has 0 fully saturated rings. The van der Waals surface area contributed by atoms with Gasteiger partial charge in [0.05, 0.1) is 12.3 Å². The molecule has 3 rings (SSSR count). The van der Waals surface area contributed by atoms with Crippen LogP contribution in [0.15, 0.2) is 57.8 Å². The van der Waals surface area contributed by atoms with Crippen molar-refractivity contribution in [2.24, 2.45) is 0 Å². The van der Waals surface area contributed by atoms with Gasteiger partial charge in [0.2, 0.25) is 5.91 Å². The monoisotopic (exact) mass is 374 g/mol. The summed E-state index contributed by atoms with van der Waals surface area (Å²) in [7, 11) is 0. The van der Waals surface area contributed by atoms with Gasteiger partial charge in [-0.1, -0.05) is 48.2 Å². The molecule has 8 heteroatoms. The van der Waals surface area contributed by atoms with E-state index in [4.69, 9.17) is 0 Å². The van der Waals surface area contributed by atoms with E-state index >= 15 is 0 Å². The summed E-state index contributed by atoms with van der Waals surface area (Å²) < 4.78 is 1.57. The van der Waals surface area contributed by atoms with Crippen molar-refractivity contribution >= 4 is 29.0 Å². The lowest BCUT2D eigenvalue weighted by Gasteiger charge is -2.06. The Morgan fingerprint density at radius 1 is 1.24 bits per heavy atom. The van der Waals surface area contributed by atoms with Crippen LogP contribution in [0.3, 0.4) is 0 Å². The molecule has 0 aliphatic rings. The normalized spacial score (nSPS) is 10.7. The number of hydrogen-bond donors (Lipinski definition) is 2. The number of carbonyl (C=O) groups is 1. The third-order valence-electron chi connectivity index (χ3n) is 3.56. The van der Waals surface area contributed by atoms with Crippen LogP contribution in [0, 0.1) is 0 Å². The highest BCUT2D eigenvalue weighted by molar-refractivity contribution is 7.99. The molecule has 6 nitrogen and oxygen atoms in total. The van der Waals surface area contributed by atoms with Gasteiger partial charge in [-0.2, -0.15) is 0 Å². The van der Waals surface area contributed by atoms with E-state index in [0.29, 0.717) is 18.2 Å². The number of carbonyl (C=O) groups excluding carboxylic acids is 1. The Morgan fingerprint density at radius 3 is 2.84 bits per heavy atom. The Morgan fingerprint density at radius 2 is 2.08 bits per heavy atom. The Kier molecular flexibility index (Phi) is 6.08. The highest BCUT2D eigenvalue weighted by Gasteiger charge is 2.11. The molecule has 0 radical (unpaired) electrons. The maximum absolute atomic E-state index is 12.0. The average Bonchev–Trinajstić information content (AvgIpc) is 3.27. The van der Waals surface area contributed by atoms with Gasteiger partial charge in [-0.25, -0.2) is 9.89 Å². The number of rotatable bonds is 8. The van der Waals surface area contributed by atoms with Crippen LogP contribution in [0.25, 0.3) is 0 Å². The highest BCUT2D eigenvalue weighted by atomic mass is 32.2. The van der Waals surface area contributed by atoms with Crippen molar-refractivity contribution in [3.05, 3.63) is 68.8 Å². The third-order valence-corrected chi connectivity index (χ3v) is 5.42. The quantitative estimate of drug-likeness (QED) is 0.593. The molecular weight excluding hydrogens is 356 g/mol. The Bertz CT molecular complexity index is 856. The van der Waals surface area contributed by atoms with Crippen molar-refractivity contribution in [2.75, 3.05) is 5.75 Å². The first kappa shape index (κ1) is 17.5. The van der Waals surface area contributed by atoms with Gasteiger partial charge in [0.1, 0.15) is 0 Å². The maximum Gasteiger partial charge on any atom is 0.343 e. The molecule has 0 saturated carbocycles. The second-order valence-electron chi connectivity index (χ2n) is 5.34. The number of nitrogens with one attached hydrogen (secondary N) is 2. The second kappa shape index (κ2) is 8.68. The standard InChI is InChI=1S/C17H18N4O2S2/c22-15(18-11-14-7-4-10-24-14)12-25-17-20-19-16(23)21(17)9-8-13-5-2-1-3-6-13/h1-7,10H,8-9,11-12H2,(H,18,22)(H,19,23). The van der Waals surface area contributed by atoms with Crippen LogP contribution in [-0.4, -0.2) is 26.4 Å². The van der Waals surface area contributed by atoms with Gasteiger partial charge < -0.3 is 5.32 Å². The molecule has 1 aromatic carbocycles. The van der Waals surface area contributed by atoms with E-state index in [-0.39, 0.29) is 17.3 Å². The smallest absolute Gasteiger partial charge is 0.343 e. The molecule has 0 saturated heterocycles. The zero-order valence-electron chi connectivity index (χ0n) is 13.5. The number of H-pyrrole nitrogens is 1. The fourth-order valence-electron chi connectivity index (χ4n) is 2.28. The first-order valence-electron chi connectivity index (χ1n) is 7.83. The average molecular weight is 374 g/mol. The first-order chi connectivity index (χ1) is 12.2. The predicted octanol–water partition coefficient (Wildman–Crippen LogP) is 2.28. The molecule has 0 aliphatic carbocycles. The Balaban J connectivity index is 1.52. The Labute approximate surface area is 153 Å². The van der Waals surface area contributed by atoms with Crippen molar-refractivity contribution in [1.82, 2.24) is 20.1 Å². The number of benzene rings is 1. The topological polar surface area (TPSA) is 79.8 Å². The third kappa shape index (κ3) is 5.07. The lowest BCUT2D eigenvalue weighted by molar-refractivity contribution is -0.118.